The molecule has 42 heavy (non-hydrogen) atoms. The highest BCUT2D eigenvalue weighted by atomic mass is 79.9. The van der Waals surface area contributed by atoms with Crippen LogP contribution in [-0.2, 0) is 20.9 Å². The van der Waals surface area contributed by atoms with E-state index in [1.54, 1.807) is 26.4 Å². The topological polar surface area (TPSA) is 103 Å². The van der Waals surface area contributed by atoms with Crippen LogP contribution in [0.1, 0.15) is 48.3 Å². The highest BCUT2D eigenvalue weighted by Gasteiger charge is 2.42. The van der Waals surface area contributed by atoms with Crippen molar-refractivity contribution in [2.24, 2.45) is 0 Å². The number of allylic oxidation sites excluding steroid dienone is 3. The van der Waals surface area contributed by atoms with Gasteiger partial charge in [-0.3, -0.25) is 4.79 Å². The fraction of sp³-hybridized carbons (Fsp3) is 0.273. The third-order valence-electron chi connectivity index (χ3n) is 7.74. The van der Waals surface area contributed by atoms with Crippen molar-refractivity contribution in [3.8, 4) is 23.0 Å². The molecule has 0 fully saturated rings. The zero-order chi connectivity index (χ0) is 30.0. The second-order valence-electron chi connectivity index (χ2n) is 10.2. The Hall–Kier alpha value is -4.24. The molecule has 1 aliphatic heterocycles. The van der Waals surface area contributed by atoms with Crippen molar-refractivity contribution in [3.05, 3.63) is 104 Å². The number of benzene rings is 3. The minimum atomic E-state index is -0.728. The molecule has 3 aromatic carbocycles. The van der Waals surface area contributed by atoms with Gasteiger partial charge in [0.25, 0.3) is 0 Å². The number of hydrogen-bond donors (Lipinski definition) is 2. The van der Waals surface area contributed by atoms with Crippen molar-refractivity contribution >= 4 is 27.7 Å². The molecule has 0 bridgehead atoms. The highest BCUT2D eigenvalue weighted by molar-refractivity contribution is 9.10. The molecular formula is C33H32BrNO7. The molecule has 0 aromatic heterocycles. The number of hydrogen-bond acceptors (Lipinski definition) is 8. The number of Topliss-reactive ketones (excluding diaryl/α,β-unsaturated/α-hetero) is 1. The lowest BCUT2D eigenvalue weighted by Gasteiger charge is -2.37. The van der Waals surface area contributed by atoms with Gasteiger partial charge in [-0.1, -0.05) is 36.4 Å². The summed E-state index contributed by atoms with van der Waals surface area (Å²) in [6, 6.07) is 18.5. The maximum atomic E-state index is 14.0. The molecule has 8 nitrogen and oxygen atoms in total. The number of carbonyl (C=O) groups excluding carboxylic acids is 2. The first-order valence-electron chi connectivity index (χ1n) is 13.5. The number of halogens is 1. The molecule has 0 saturated heterocycles. The van der Waals surface area contributed by atoms with E-state index >= 15 is 0 Å². The number of ether oxygens (including phenoxy) is 4. The quantitative estimate of drug-likeness (QED) is 0.279. The Morgan fingerprint density at radius 3 is 2.31 bits per heavy atom. The molecule has 0 spiro atoms. The van der Waals surface area contributed by atoms with E-state index in [1.165, 1.54) is 7.11 Å². The summed E-state index contributed by atoms with van der Waals surface area (Å²) in [4.78, 5) is 27.7. The second-order valence-corrected chi connectivity index (χ2v) is 11.1. The molecule has 1 heterocycles. The number of esters is 1. The van der Waals surface area contributed by atoms with Crippen molar-refractivity contribution in [3.63, 3.8) is 0 Å². The van der Waals surface area contributed by atoms with Crippen molar-refractivity contribution in [1.29, 1.82) is 0 Å². The van der Waals surface area contributed by atoms with E-state index in [0.29, 0.717) is 44.8 Å². The Kier molecular flexibility index (Phi) is 8.59. The Labute approximate surface area is 253 Å². The lowest BCUT2D eigenvalue weighted by Crippen LogP contribution is -2.36. The number of ketones is 1. The van der Waals surface area contributed by atoms with Crippen LogP contribution in [0.15, 0.2) is 87.7 Å². The van der Waals surface area contributed by atoms with Crippen molar-refractivity contribution < 1.29 is 33.6 Å². The Bertz CT molecular complexity index is 1600. The summed E-state index contributed by atoms with van der Waals surface area (Å²) < 4.78 is 22.4. The molecule has 5 rings (SSSR count). The molecule has 0 radical (unpaired) electrons. The molecule has 2 aliphatic rings. The van der Waals surface area contributed by atoms with Crippen LogP contribution < -0.4 is 19.5 Å². The standard InChI is InChI=1S/C33H32BrNO7/c1-18-29(33(38)42-17-19-8-6-5-7-9-19)30(22-12-23(34)32(37)28(16-22)41-4)31-24(35-18)13-21(14-25(31)36)20-10-11-26(39-2)27(15-20)40-3/h5-12,15-16,21,30,35,37H,13-14,17H2,1-4H3/t21-,30-/m0/s1. The van der Waals surface area contributed by atoms with E-state index in [1.807, 2.05) is 55.5 Å². The number of dihydropyridines is 1. The highest BCUT2D eigenvalue weighted by Crippen LogP contribution is 2.48. The van der Waals surface area contributed by atoms with E-state index < -0.39 is 11.9 Å². The maximum absolute atomic E-state index is 14.0. The molecule has 3 aromatic rings. The maximum Gasteiger partial charge on any atom is 0.337 e. The van der Waals surface area contributed by atoms with E-state index in [4.69, 9.17) is 18.9 Å². The minimum Gasteiger partial charge on any atom is -0.503 e. The number of phenols is 1. The number of rotatable bonds is 8. The van der Waals surface area contributed by atoms with Crippen LogP contribution in [0, 0.1) is 0 Å². The van der Waals surface area contributed by atoms with Crippen molar-refractivity contribution in [2.45, 2.75) is 38.2 Å². The summed E-state index contributed by atoms with van der Waals surface area (Å²) in [6.45, 7) is 1.90. The van der Waals surface area contributed by atoms with Crippen LogP contribution in [0.2, 0.25) is 0 Å². The van der Waals surface area contributed by atoms with Gasteiger partial charge in [0, 0.05) is 29.3 Å². The minimum absolute atomic E-state index is 0.0678. The molecule has 2 atom stereocenters. The fourth-order valence-corrected chi connectivity index (χ4v) is 6.16. The largest absolute Gasteiger partial charge is 0.503 e. The van der Waals surface area contributed by atoms with Gasteiger partial charge < -0.3 is 29.4 Å². The smallest absolute Gasteiger partial charge is 0.337 e. The Morgan fingerprint density at radius 2 is 1.62 bits per heavy atom. The molecule has 2 N–H and O–H groups in total. The molecule has 1 aliphatic carbocycles. The summed E-state index contributed by atoms with van der Waals surface area (Å²) in [5.41, 5.74) is 4.61. The third-order valence-corrected chi connectivity index (χ3v) is 8.35. The lowest BCUT2D eigenvalue weighted by molar-refractivity contribution is -0.140. The van der Waals surface area contributed by atoms with Crippen molar-refractivity contribution in [2.75, 3.05) is 21.3 Å². The van der Waals surface area contributed by atoms with Gasteiger partial charge >= 0.3 is 5.97 Å². The van der Waals surface area contributed by atoms with Crippen LogP contribution in [-0.4, -0.2) is 38.2 Å². The fourth-order valence-electron chi connectivity index (χ4n) is 5.70. The first kappa shape index (κ1) is 29.3. The van der Waals surface area contributed by atoms with Crippen LogP contribution in [0.4, 0.5) is 0 Å². The summed E-state index contributed by atoms with van der Waals surface area (Å²) in [7, 11) is 4.62. The average Bonchev–Trinajstić information content (AvgIpc) is 3.00. The van der Waals surface area contributed by atoms with Gasteiger partial charge in [-0.15, -0.1) is 0 Å². The predicted molar refractivity (Wildman–Crippen MR) is 161 cm³/mol. The number of nitrogens with one attached hydrogen (secondary N) is 1. The number of methoxy groups -OCH3 is 3. The van der Waals surface area contributed by atoms with E-state index in [2.05, 4.69) is 21.2 Å². The molecule has 0 amide bonds. The lowest BCUT2D eigenvalue weighted by atomic mass is 9.71. The van der Waals surface area contributed by atoms with Crippen LogP contribution in [0.5, 0.6) is 23.0 Å². The molecule has 0 unspecified atom stereocenters. The third kappa shape index (κ3) is 5.61. The van der Waals surface area contributed by atoms with E-state index in [9.17, 15) is 14.7 Å². The number of carbonyl (C=O) groups is 2. The predicted octanol–water partition coefficient (Wildman–Crippen LogP) is 6.29. The summed E-state index contributed by atoms with van der Waals surface area (Å²) in [5, 5.41) is 13.9. The second kappa shape index (κ2) is 12.3. The zero-order valence-corrected chi connectivity index (χ0v) is 25.4. The Morgan fingerprint density at radius 1 is 0.929 bits per heavy atom. The van der Waals surface area contributed by atoms with Gasteiger partial charge in [0.2, 0.25) is 0 Å². The summed E-state index contributed by atoms with van der Waals surface area (Å²) in [5.74, 6) is -0.0848. The molecule has 0 saturated carbocycles. The van der Waals surface area contributed by atoms with Gasteiger partial charge in [0.1, 0.15) is 6.61 Å². The van der Waals surface area contributed by atoms with Gasteiger partial charge in [-0.05, 0) is 76.1 Å². The van der Waals surface area contributed by atoms with Crippen LogP contribution >= 0.6 is 15.9 Å². The monoisotopic (exact) mass is 633 g/mol. The van der Waals surface area contributed by atoms with Gasteiger partial charge in [0.05, 0.1) is 31.4 Å². The van der Waals surface area contributed by atoms with E-state index in [-0.39, 0.29) is 36.2 Å². The number of phenolic OH excluding ortho intramolecular Hbond substituents is 1. The van der Waals surface area contributed by atoms with Crippen LogP contribution in [0.3, 0.4) is 0 Å². The van der Waals surface area contributed by atoms with Crippen LogP contribution in [0.25, 0.3) is 0 Å². The van der Waals surface area contributed by atoms with E-state index in [0.717, 1.165) is 16.8 Å². The molecule has 9 heteroatoms. The van der Waals surface area contributed by atoms with Gasteiger partial charge in [0.15, 0.2) is 28.8 Å². The SMILES string of the molecule is COc1ccc([C@@H]2CC(=O)C3=C(C2)NC(C)=C(C(=O)OCc2ccccc2)[C@@H]3c2cc(Br)c(O)c(OC)c2)cc1OC. The first-order chi connectivity index (χ1) is 20.2. The first-order valence-corrected chi connectivity index (χ1v) is 14.3. The normalized spacial score (nSPS) is 18.3. The van der Waals surface area contributed by atoms with Crippen molar-refractivity contribution in [1.82, 2.24) is 5.32 Å². The number of aromatic hydroxyl groups is 1. The van der Waals surface area contributed by atoms with Gasteiger partial charge in [-0.2, -0.15) is 0 Å². The summed E-state index contributed by atoms with van der Waals surface area (Å²) >= 11 is 3.41. The molecular weight excluding hydrogens is 602 g/mol. The summed E-state index contributed by atoms with van der Waals surface area (Å²) in [6.07, 6.45) is 0.793. The Balaban J connectivity index is 1.56. The zero-order valence-electron chi connectivity index (χ0n) is 23.8. The van der Waals surface area contributed by atoms with Gasteiger partial charge in [-0.25, -0.2) is 4.79 Å². The average molecular weight is 635 g/mol. The molecule has 218 valence electrons.